The number of hydrogen-bond acceptors (Lipinski definition) is 4. The van der Waals surface area contributed by atoms with Crippen LogP contribution in [0.15, 0.2) is 24.3 Å². The molecule has 106 valence electrons. The average molecular weight is 292 g/mol. The number of benzene rings is 1. The number of aromatic nitrogens is 2. The maximum Gasteiger partial charge on any atom is 0.137 e. The zero-order valence-corrected chi connectivity index (χ0v) is 12.7. The van der Waals surface area contributed by atoms with Gasteiger partial charge in [-0.3, -0.25) is 0 Å². The molecule has 1 N–H and O–H groups in total. The fraction of sp³-hybridized carbons (Fsp3) is 0.333. The van der Waals surface area contributed by atoms with Crippen LogP contribution in [0, 0.1) is 6.92 Å². The fourth-order valence-electron chi connectivity index (χ4n) is 1.83. The molecule has 0 unspecified atom stereocenters. The molecule has 1 heterocycles. The van der Waals surface area contributed by atoms with Crippen molar-refractivity contribution in [3.63, 3.8) is 0 Å². The van der Waals surface area contributed by atoms with Crippen LogP contribution in [-0.2, 0) is 13.0 Å². The molecule has 0 spiro atoms. The molecule has 0 saturated heterocycles. The molecule has 20 heavy (non-hydrogen) atoms. The second-order valence-corrected chi connectivity index (χ2v) is 4.82. The summed E-state index contributed by atoms with van der Waals surface area (Å²) in [6, 6.07) is 7.92. The number of ether oxygens (including phenoxy) is 1. The number of methoxy groups -OCH3 is 1. The van der Waals surface area contributed by atoms with E-state index in [2.05, 4.69) is 15.3 Å². The highest BCUT2D eigenvalue weighted by atomic mass is 35.5. The Balaban J connectivity index is 2.15. The van der Waals surface area contributed by atoms with E-state index in [1.54, 1.807) is 7.11 Å². The Hall–Kier alpha value is -1.81. The van der Waals surface area contributed by atoms with Crippen molar-refractivity contribution < 1.29 is 4.74 Å². The number of aryl methyl sites for hydroxylation is 1. The zero-order valence-electron chi connectivity index (χ0n) is 11.9. The first-order chi connectivity index (χ1) is 9.63. The second-order valence-electron chi connectivity index (χ2n) is 4.46. The highest BCUT2D eigenvalue weighted by Crippen LogP contribution is 2.21. The van der Waals surface area contributed by atoms with Gasteiger partial charge in [-0.1, -0.05) is 30.7 Å². The summed E-state index contributed by atoms with van der Waals surface area (Å²) in [5.41, 5.74) is 1.99. The zero-order chi connectivity index (χ0) is 14.5. The largest absolute Gasteiger partial charge is 0.497 e. The molecule has 2 aromatic rings. The maximum absolute atomic E-state index is 6.12. The van der Waals surface area contributed by atoms with E-state index >= 15 is 0 Å². The molecule has 0 aliphatic carbocycles. The monoisotopic (exact) mass is 291 g/mol. The van der Waals surface area contributed by atoms with E-state index < -0.39 is 0 Å². The highest BCUT2D eigenvalue weighted by molar-refractivity contribution is 6.30. The van der Waals surface area contributed by atoms with Crippen molar-refractivity contribution in [1.29, 1.82) is 0 Å². The third-order valence-corrected chi connectivity index (χ3v) is 3.41. The van der Waals surface area contributed by atoms with Gasteiger partial charge in [-0.2, -0.15) is 0 Å². The number of nitrogens with zero attached hydrogens (tertiary/aromatic N) is 2. The summed E-state index contributed by atoms with van der Waals surface area (Å²) in [5.74, 6) is 2.37. The first-order valence-corrected chi connectivity index (χ1v) is 6.91. The molecule has 0 aliphatic rings. The smallest absolute Gasteiger partial charge is 0.137 e. The van der Waals surface area contributed by atoms with Gasteiger partial charge in [0.15, 0.2) is 0 Å². The molecule has 1 aromatic heterocycles. The van der Waals surface area contributed by atoms with Crippen LogP contribution in [0.4, 0.5) is 5.82 Å². The van der Waals surface area contributed by atoms with Gasteiger partial charge >= 0.3 is 0 Å². The van der Waals surface area contributed by atoms with Crippen LogP contribution in [0.2, 0.25) is 5.15 Å². The third-order valence-electron chi connectivity index (χ3n) is 3.04. The minimum Gasteiger partial charge on any atom is -0.497 e. The Kier molecular flexibility index (Phi) is 4.79. The molecule has 1 aromatic carbocycles. The molecule has 4 nitrogen and oxygen atoms in total. The van der Waals surface area contributed by atoms with E-state index in [-0.39, 0.29) is 0 Å². The number of nitrogens with one attached hydrogen (secondary N) is 1. The van der Waals surface area contributed by atoms with E-state index in [4.69, 9.17) is 16.3 Å². The van der Waals surface area contributed by atoms with Crippen molar-refractivity contribution in [2.75, 3.05) is 12.4 Å². The Morgan fingerprint density at radius 2 is 2.10 bits per heavy atom. The Labute approximate surface area is 124 Å². The van der Waals surface area contributed by atoms with E-state index in [1.165, 1.54) is 0 Å². The lowest BCUT2D eigenvalue weighted by Crippen LogP contribution is -2.07. The third kappa shape index (κ3) is 3.39. The van der Waals surface area contributed by atoms with Crippen molar-refractivity contribution in [2.24, 2.45) is 0 Å². The first kappa shape index (κ1) is 14.6. The molecule has 0 fully saturated rings. The highest BCUT2D eigenvalue weighted by Gasteiger charge is 2.08. The van der Waals surface area contributed by atoms with Crippen molar-refractivity contribution in [1.82, 2.24) is 9.97 Å². The van der Waals surface area contributed by atoms with Gasteiger partial charge in [0.2, 0.25) is 0 Å². The molecule has 0 bridgehead atoms. The SMILES string of the molecule is CCc1nc(Cl)c(C)c(NCc2cccc(OC)c2)n1. The van der Waals surface area contributed by atoms with Crippen molar-refractivity contribution in [2.45, 2.75) is 26.8 Å². The molecule has 0 radical (unpaired) electrons. The van der Waals surface area contributed by atoms with Gasteiger partial charge in [-0.05, 0) is 24.6 Å². The Morgan fingerprint density at radius 1 is 1.30 bits per heavy atom. The van der Waals surface area contributed by atoms with Crippen molar-refractivity contribution in [3.05, 3.63) is 46.4 Å². The summed E-state index contributed by atoms with van der Waals surface area (Å²) in [6.07, 6.45) is 0.758. The Bertz CT molecular complexity index is 602. The molecule has 5 heteroatoms. The minimum atomic E-state index is 0.505. The summed E-state index contributed by atoms with van der Waals surface area (Å²) in [7, 11) is 1.66. The average Bonchev–Trinajstić information content (AvgIpc) is 2.48. The quantitative estimate of drug-likeness (QED) is 0.855. The summed E-state index contributed by atoms with van der Waals surface area (Å²) in [5, 5.41) is 3.81. The number of anilines is 1. The molecule has 0 atom stereocenters. The lowest BCUT2D eigenvalue weighted by molar-refractivity contribution is 0.414. The number of halogens is 1. The van der Waals surface area contributed by atoms with Crippen molar-refractivity contribution in [3.8, 4) is 5.75 Å². The summed E-state index contributed by atoms with van der Waals surface area (Å²) < 4.78 is 5.21. The first-order valence-electron chi connectivity index (χ1n) is 6.53. The van der Waals surface area contributed by atoms with E-state index in [9.17, 15) is 0 Å². The standard InChI is InChI=1S/C15H18ClN3O/c1-4-13-18-14(16)10(2)15(19-13)17-9-11-6-5-7-12(8-11)20-3/h5-8H,4,9H2,1-3H3,(H,17,18,19). The number of rotatable bonds is 5. The molecule has 0 saturated carbocycles. The van der Waals surface area contributed by atoms with Crippen LogP contribution < -0.4 is 10.1 Å². The Morgan fingerprint density at radius 3 is 2.80 bits per heavy atom. The predicted molar refractivity (Wildman–Crippen MR) is 81.5 cm³/mol. The normalized spacial score (nSPS) is 10.4. The predicted octanol–water partition coefficient (Wildman–Crippen LogP) is 3.62. The van der Waals surface area contributed by atoms with E-state index in [0.29, 0.717) is 11.7 Å². The van der Waals surface area contributed by atoms with Gasteiger partial charge in [0.25, 0.3) is 0 Å². The van der Waals surface area contributed by atoms with Gasteiger partial charge in [0, 0.05) is 18.5 Å². The molecule has 0 aliphatic heterocycles. The van der Waals surface area contributed by atoms with Crippen LogP contribution in [0.5, 0.6) is 5.75 Å². The molecular formula is C15H18ClN3O. The minimum absolute atomic E-state index is 0.505. The fourth-order valence-corrected chi connectivity index (χ4v) is 2.02. The lowest BCUT2D eigenvalue weighted by Gasteiger charge is -2.11. The molecule has 2 rings (SSSR count). The van der Waals surface area contributed by atoms with Crippen LogP contribution in [0.25, 0.3) is 0 Å². The van der Waals surface area contributed by atoms with E-state index in [0.717, 1.165) is 34.9 Å². The maximum atomic E-state index is 6.12. The van der Waals surface area contributed by atoms with Crippen LogP contribution in [0.3, 0.4) is 0 Å². The number of hydrogen-bond donors (Lipinski definition) is 1. The van der Waals surface area contributed by atoms with Gasteiger partial charge in [0.05, 0.1) is 7.11 Å². The second kappa shape index (κ2) is 6.57. The van der Waals surface area contributed by atoms with Crippen LogP contribution in [-0.4, -0.2) is 17.1 Å². The van der Waals surface area contributed by atoms with Crippen molar-refractivity contribution >= 4 is 17.4 Å². The van der Waals surface area contributed by atoms with Gasteiger partial charge in [-0.25, -0.2) is 9.97 Å². The van der Waals surface area contributed by atoms with Crippen LogP contribution >= 0.6 is 11.6 Å². The summed E-state index contributed by atoms with van der Waals surface area (Å²) >= 11 is 6.12. The lowest BCUT2D eigenvalue weighted by atomic mass is 10.2. The van der Waals surface area contributed by atoms with Gasteiger partial charge in [-0.15, -0.1) is 0 Å². The van der Waals surface area contributed by atoms with Gasteiger partial charge < -0.3 is 10.1 Å². The summed E-state index contributed by atoms with van der Waals surface area (Å²) in [6.45, 7) is 4.58. The topological polar surface area (TPSA) is 47.0 Å². The summed E-state index contributed by atoms with van der Waals surface area (Å²) in [4.78, 5) is 8.70. The molecular weight excluding hydrogens is 274 g/mol. The van der Waals surface area contributed by atoms with Gasteiger partial charge in [0.1, 0.15) is 22.5 Å². The van der Waals surface area contributed by atoms with E-state index in [1.807, 2.05) is 38.1 Å². The van der Waals surface area contributed by atoms with Crippen LogP contribution in [0.1, 0.15) is 23.9 Å². The molecule has 0 amide bonds.